The number of anilines is 2. The highest BCUT2D eigenvalue weighted by molar-refractivity contribution is 5.63. The minimum atomic E-state index is 0.752. The van der Waals surface area contributed by atoms with Gasteiger partial charge in [-0.2, -0.15) is 0 Å². The zero-order valence-electron chi connectivity index (χ0n) is 10.3. The molecule has 0 spiro atoms. The first-order valence-corrected chi connectivity index (χ1v) is 6.87. The summed E-state index contributed by atoms with van der Waals surface area (Å²) in [6.07, 6.45) is 4.49. The standard InChI is InChI=1S/C15H20N2/c1-8-11(16)3-2-4-12(8)17-15-13-9-5-6-10(7-9)14(13)15/h2-4,9-10,13-15,17H,5-7,16H2,1H3. The van der Waals surface area contributed by atoms with Gasteiger partial charge in [0, 0.05) is 17.4 Å². The summed E-state index contributed by atoms with van der Waals surface area (Å²) in [6, 6.07) is 6.96. The van der Waals surface area contributed by atoms with Gasteiger partial charge < -0.3 is 11.1 Å². The predicted octanol–water partition coefficient (Wildman–Crippen LogP) is 3.03. The molecular weight excluding hydrogens is 208 g/mol. The van der Waals surface area contributed by atoms with Gasteiger partial charge in [0.15, 0.2) is 0 Å². The number of nitrogens with two attached hydrogens (primary N) is 1. The molecule has 3 saturated carbocycles. The molecule has 2 nitrogen and oxygen atoms in total. The van der Waals surface area contributed by atoms with Crippen molar-refractivity contribution in [2.45, 2.75) is 32.2 Å². The number of rotatable bonds is 2. The molecule has 1 aromatic rings. The molecule has 0 amide bonds. The van der Waals surface area contributed by atoms with E-state index in [0.29, 0.717) is 0 Å². The summed E-state index contributed by atoms with van der Waals surface area (Å²) < 4.78 is 0. The van der Waals surface area contributed by atoms with Crippen LogP contribution in [0.3, 0.4) is 0 Å². The molecule has 3 aliphatic rings. The second kappa shape index (κ2) is 3.18. The van der Waals surface area contributed by atoms with Crippen LogP contribution in [0.4, 0.5) is 11.4 Å². The van der Waals surface area contributed by atoms with Crippen molar-refractivity contribution in [1.29, 1.82) is 0 Å². The number of nitrogens with one attached hydrogen (secondary N) is 1. The lowest BCUT2D eigenvalue weighted by atomic mass is 10.0. The van der Waals surface area contributed by atoms with Gasteiger partial charge in [0.1, 0.15) is 0 Å². The minimum Gasteiger partial charge on any atom is -0.398 e. The molecular formula is C15H20N2. The SMILES string of the molecule is Cc1c(N)cccc1NC1C2C3CCC(C3)C12. The van der Waals surface area contributed by atoms with Crippen LogP contribution in [0.5, 0.6) is 0 Å². The van der Waals surface area contributed by atoms with Crippen molar-refractivity contribution in [3.8, 4) is 0 Å². The smallest absolute Gasteiger partial charge is 0.0392 e. The highest BCUT2D eigenvalue weighted by Gasteiger charge is 2.65. The van der Waals surface area contributed by atoms with Gasteiger partial charge in [0.05, 0.1) is 0 Å². The Balaban J connectivity index is 1.55. The summed E-state index contributed by atoms with van der Waals surface area (Å²) in [4.78, 5) is 0. The van der Waals surface area contributed by atoms with E-state index in [-0.39, 0.29) is 0 Å². The van der Waals surface area contributed by atoms with Crippen LogP contribution in [0, 0.1) is 30.6 Å². The van der Waals surface area contributed by atoms with E-state index in [0.717, 1.165) is 35.4 Å². The highest BCUT2D eigenvalue weighted by atomic mass is 15.0. The van der Waals surface area contributed by atoms with Gasteiger partial charge in [-0.25, -0.2) is 0 Å². The molecule has 0 radical (unpaired) electrons. The average molecular weight is 228 g/mol. The lowest BCUT2D eigenvalue weighted by Crippen LogP contribution is -2.13. The molecule has 0 saturated heterocycles. The molecule has 0 aliphatic heterocycles. The lowest BCUT2D eigenvalue weighted by Gasteiger charge is -2.14. The Labute approximate surface area is 103 Å². The molecule has 2 bridgehead atoms. The average Bonchev–Trinajstić information content (AvgIpc) is 2.72. The molecule has 4 atom stereocenters. The summed E-state index contributed by atoms with van der Waals surface area (Å²) in [5.41, 5.74) is 9.33. The van der Waals surface area contributed by atoms with Gasteiger partial charge in [0.25, 0.3) is 0 Å². The molecule has 4 unspecified atom stereocenters. The first-order chi connectivity index (χ1) is 8.25. The molecule has 4 rings (SSSR count). The van der Waals surface area contributed by atoms with Crippen LogP contribution in [-0.4, -0.2) is 6.04 Å². The molecule has 2 heteroatoms. The molecule has 0 heterocycles. The Bertz CT molecular complexity index is 452. The van der Waals surface area contributed by atoms with Crippen molar-refractivity contribution in [3.63, 3.8) is 0 Å². The molecule has 3 fully saturated rings. The first-order valence-electron chi connectivity index (χ1n) is 6.87. The second-order valence-corrected chi connectivity index (χ2v) is 6.18. The van der Waals surface area contributed by atoms with Crippen LogP contribution >= 0.6 is 0 Å². The van der Waals surface area contributed by atoms with E-state index >= 15 is 0 Å². The normalized spacial score (nSPS) is 41.4. The third-order valence-corrected chi connectivity index (χ3v) is 5.43. The highest BCUT2D eigenvalue weighted by Crippen LogP contribution is 2.66. The molecule has 0 aromatic heterocycles. The van der Waals surface area contributed by atoms with Crippen LogP contribution in [0.25, 0.3) is 0 Å². The summed E-state index contributed by atoms with van der Waals surface area (Å²) in [5, 5.41) is 3.75. The molecule has 17 heavy (non-hydrogen) atoms. The molecule has 3 aliphatic carbocycles. The minimum absolute atomic E-state index is 0.752. The van der Waals surface area contributed by atoms with Crippen LogP contribution in [0.1, 0.15) is 24.8 Å². The molecule has 3 N–H and O–H groups in total. The molecule has 1 aromatic carbocycles. The van der Waals surface area contributed by atoms with Crippen molar-refractivity contribution >= 4 is 11.4 Å². The Morgan fingerprint density at radius 1 is 1.18 bits per heavy atom. The van der Waals surface area contributed by atoms with Gasteiger partial charge in [0.2, 0.25) is 0 Å². The first kappa shape index (κ1) is 9.81. The maximum atomic E-state index is 5.96. The molecule has 90 valence electrons. The van der Waals surface area contributed by atoms with E-state index in [1.54, 1.807) is 0 Å². The topological polar surface area (TPSA) is 38.0 Å². The summed E-state index contributed by atoms with van der Waals surface area (Å²) >= 11 is 0. The quantitative estimate of drug-likeness (QED) is 0.764. The maximum Gasteiger partial charge on any atom is 0.0392 e. The van der Waals surface area contributed by atoms with E-state index in [9.17, 15) is 0 Å². The van der Waals surface area contributed by atoms with Gasteiger partial charge in [-0.3, -0.25) is 0 Å². The maximum absolute atomic E-state index is 5.96. The van der Waals surface area contributed by atoms with Crippen molar-refractivity contribution in [3.05, 3.63) is 23.8 Å². The van der Waals surface area contributed by atoms with Gasteiger partial charge in [-0.15, -0.1) is 0 Å². The van der Waals surface area contributed by atoms with Gasteiger partial charge >= 0.3 is 0 Å². The van der Waals surface area contributed by atoms with E-state index in [4.69, 9.17) is 5.73 Å². The zero-order valence-corrected chi connectivity index (χ0v) is 10.3. The fraction of sp³-hybridized carbons (Fsp3) is 0.600. The van der Waals surface area contributed by atoms with Crippen molar-refractivity contribution in [2.75, 3.05) is 11.1 Å². The van der Waals surface area contributed by atoms with Crippen molar-refractivity contribution < 1.29 is 0 Å². The van der Waals surface area contributed by atoms with Crippen LogP contribution in [0.2, 0.25) is 0 Å². The number of hydrogen-bond acceptors (Lipinski definition) is 2. The van der Waals surface area contributed by atoms with Crippen molar-refractivity contribution in [2.24, 2.45) is 23.7 Å². The number of fused-ring (bicyclic) bond motifs is 5. The van der Waals surface area contributed by atoms with Crippen LogP contribution in [-0.2, 0) is 0 Å². The van der Waals surface area contributed by atoms with Crippen LogP contribution in [0.15, 0.2) is 18.2 Å². The number of hydrogen-bond donors (Lipinski definition) is 2. The summed E-state index contributed by atoms with van der Waals surface area (Å²) in [5.74, 6) is 4.02. The fourth-order valence-electron chi connectivity index (χ4n) is 4.51. The van der Waals surface area contributed by atoms with Gasteiger partial charge in [-0.1, -0.05) is 6.07 Å². The fourth-order valence-corrected chi connectivity index (χ4v) is 4.51. The van der Waals surface area contributed by atoms with E-state index in [1.807, 2.05) is 6.07 Å². The Hall–Kier alpha value is -1.18. The lowest BCUT2D eigenvalue weighted by molar-refractivity contribution is 0.456. The van der Waals surface area contributed by atoms with E-state index in [2.05, 4.69) is 24.4 Å². The monoisotopic (exact) mass is 228 g/mol. The summed E-state index contributed by atoms with van der Waals surface area (Å²) in [6.45, 7) is 2.12. The predicted molar refractivity (Wildman–Crippen MR) is 70.8 cm³/mol. The van der Waals surface area contributed by atoms with Gasteiger partial charge in [-0.05, 0) is 67.6 Å². The number of benzene rings is 1. The Morgan fingerprint density at radius 3 is 2.59 bits per heavy atom. The second-order valence-electron chi connectivity index (χ2n) is 6.18. The summed E-state index contributed by atoms with van der Waals surface area (Å²) in [7, 11) is 0. The van der Waals surface area contributed by atoms with E-state index < -0.39 is 0 Å². The third-order valence-electron chi connectivity index (χ3n) is 5.43. The Kier molecular flexibility index (Phi) is 1.84. The third kappa shape index (κ3) is 1.27. The van der Waals surface area contributed by atoms with E-state index in [1.165, 1.54) is 30.5 Å². The van der Waals surface area contributed by atoms with Crippen LogP contribution < -0.4 is 11.1 Å². The number of nitrogen functional groups attached to an aromatic ring is 1. The largest absolute Gasteiger partial charge is 0.398 e. The van der Waals surface area contributed by atoms with Crippen molar-refractivity contribution in [1.82, 2.24) is 0 Å². The Morgan fingerprint density at radius 2 is 1.88 bits per heavy atom. The zero-order chi connectivity index (χ0) is 11.6.